The molecule has 0 amide bonds. The molecule has 1 aliphatic carbocycles. The fraction of sp³-hybridized carbons (Fsp3) is 0.412. The summed E-state index contributed by atoms with van der Waals surface area (Å²) in [5.74, 6) is 0.691. The van der Waals surface area contributed by atoms with Crippen molar-refractivity contribution < 1.29 is 0 Å². The van der Waals surface area contributed by atoms with E-state index < -0.39 is 0 Å². The topological polar surface area (TPSA) is 45.8 Å². The van der Waals surface area contributed by atoms with E-state index in [4.69, 9.17) is 0 Å². The van der Waals surface area contributed by atoms with Gasteiger partial charge in [-0.05, 0) is 30.2 Å². The van der Waals surface area contributed by atoms with Crippen LogP contribution in [0, 0.1) is 0 Å². The fourth-order valence-electron chi connectivity index (χ4n) is 2.71. The van der Waals surface area contributed by atoms with E-state index in [0.717, 1.165) is 36.1 Å². The van der Waals surface area contributed by atoms with E-state index in [-0.39, 0.29) is 11.0 Å². The zero-order valence-corrected chi connectivity index (χ0v) is 12.3. The van der Waals surface area contributed by atoms with Gasteiger partial charge < -0.3 is 4.98 Å². The summed E-state index contributed by atoms with van der Waals surface area (Å²) in [6, 6.07) is 8.31. The Kier molecular flexibility index (Phi) is 3.00. The lowest BCUT2D eigenvalue weighted by Gasteiger charge is -2.19. The summed E-state index contributed by atoms with van der Waals surface area (Å²) in [6.45, 7) is 6.58. The highest BCUT2D eigenvalue weighted by Gasteiger charge is 2.18. The Bertz CT molecular complexity index is 690. The molecule has 1 aliphatic rings. The number of nitrogens with one attached hydrogen (secondary N) is 1. The van der Waals surface area contributed by atoms with Crippen molar-refractivity contribution in [1.29, 1.82) is 0 Å². The van der Waals surface area contributed by atoms with E-state index in [1.54, 1.807) is 0 Å². The fourth-order valence-corrected chi connectivity index (χ4v) is 2.71. The van der Waals surface area contributed by atoms with Crippen molar-refractivity contribution in [3.63, 3.8) is 0 Å². The molecular formula is C17H20N2O. The molecule has 3 heteroatoms. The average molecular weight is 268 g/mol. The van der Waals surface area contributed by atoms with E-state index in [0.29, 0.717) is 5.82 Å². The van der Waals surface area contributed by atoms with Crippen molar-refractivity contribution in [1.82, 2.24) is 9.97 Å². The van der Waals surface area contributed by atoms with Crippen LogP contribution in [-0.2, 0) is 18.3 Å². The minimum Gasteiger partial charge on any atom is -0.306 e. The number of hydrogen-bond acceptors (Lipinski definition) is 2. The van der Waals surface area contributed by atoms with Crippen LogP contribution in [0.4, 0.5) is 0 Å². The first-order valence-electron chi connectivity index (χ1n) is 7.18. The quantitative estimate of drug-likeness (QED) is 0.863. The van der Waals surface area contributed by atoms with Crippen molar-refractivity contribution in [2.24, 2.45) is 0 Å². The lowest BCUT2D eigenvalue weighted by Crippen LogP contribution is -2.15. The second-order valence-corrected chi connectivity index (χ2v) is 6.52. The number of aromatic nitrogens is 2. The molecule has 20 heavy (non-hydrogen) atoms. The molecule has 3 nitrogen and oxygen atoms in total. The molecule has 0 aliphatic heterocycles. The Morgan fingerprint density at radius 3 is 2.45 bits per heavy atom. The molecule has 0 saturated carbocycles. The van der Waals surface area contributed by atoms with E-state index in [9.17, 15) is 4.79 Å². The standard InChI is InChI=1S/C17H20N2O/c1-17(2,3)12-9-7-11(8-10-12)15-18-14-6-4-5-13(14)16(20)19-15/h7-10H,4-6H2,1-3H3,(H,18,19,20). The van der Waals surface area contributed by atoms with E-state index in [1.165, 1.54) is 5.56 Å². The second kappa shape index (κ2) is 4.58. The Labute approximate surface area is 119 Å². The predicted molar refractivity (Wildman–Crippen MR) is 81.0 cm³/mol. The third-order valence-corrected chi connectivity index (χ3v) is 3.97. The highest BCUT2D eigenvalue weighted by molar-refractivity contribution is 5.56. The number of aryl methyl sites for hydroxylation is 1. The van der Waals surface area contributed by atoms with Crippen molar-refractivity contribution >= 4 is 0 Å². The SMILES string of the molecule is CC(C)(C)c1ccc(-c2nc3c(c(=O)[nH]2)CCC3)cc1. The molecule has 1 N–H and O–H groups in total. The highest BCUT2D eigenvalue weighted by atomic mass is 16.1. The molecule has 0 unspecified atom stereocenters. The van der Waals surface area contributed by atoms with Crippen LogP contribution in [0.3, 0.4) is 0 Å². The number of benzene rings is 1. The van der Waals surface area contributed by atoms with Crippen molar-refractivity contribution in [3.05, 3.63) is 51.4 Å². The van der Waals surface area contributed by atoms with Crippen LogP contribution in [-0.4, -0.2) is 9.97 Å². The number of nitrogens with zero attached hydrogens (tertiary/aromatic N) is 1. The molecule has 1 heterocycles. The van der Waals surface area contributed by atoms with E-state index >= 15 is 0 Å². The Morgan fingerprint density at radius 1 is 1.10 bits per heavy atom. The Hall–Kier alpha value is -1.90. The minimum atomic E-state index is 0.0300. The van der Waals surface area contributed by atoms with Gasteiger partial charge in [0.15, 0.2) is 0 Å². The van der Waals surface area contributed by atoms with Crippen molar-refractivity contribution in [3.8, 4) is 11.4 Å². The molecule has 1 aromatic heterocycles. The van der Waals surface area contributed by atoms with Crippen LogP contribution in [0.1, 0.15) is 44.0 Å². The van der Waals surface area contributed by atoms with Crippen LogP contribution in [0.15, 0.2) is 29.1 Å². The van der Waals surface area contributed by atoms with Crippen LogP contribution < -0.4 is 5.56 Å². The number of H-pyrrole nitrogens is 1. The third-order valence-electron chi connectivity index (χ3n) is 3.97. The largest absolute Gasteiger partial charge is 0.306 e. The zero-order valence-electron chi connectivity index (χ0n) is 12.3. The summed E-state index contributed by atoms with van der Waals surface area (Å²) in [6.07, 6.45) is 2.82. The van der Waals surface area contributed by atoms with Crippen LogP contribution >= 0.6 is 0 Å². The first-order chi connectivity index (χ1) is 9.45. The van der Waals surface area contributed by atoms with E-state index in [2.05, 4.69) is 42.9 Å². The number of hydrogen-bond donors (Lipinski definition) is 1. The van der Waals surface area contributed by atoms with Crippen molar-refractivity contribution in [2.45, 2.75) is 45.4 Å². The molecule has 1 aromatic carbocycles. The lowest BCUT2D eigenvalue weighted by atomic mass is 9.87. The summed E-state index contributed by atoms with van der Waals surface area (Å²) in [5, 5.41) is 0. The van der Waals surface area contributed by atoms with Gasteiger partial charge in [0.25, 0.3) is 5.56 Å². The zero-order chi connectivity index (χ0) is 14.3. The summed E-state index contributed by atoms with van der Waals surface area (Å²) >= 11 is 0. The maximum atomic E-state index is 12.0. The van der Waals surface area contributed by atoms with Crippen LogP contribution in [0.2, 0.25) is 0 Å². The number of fused-ring (bicyclic) bond motifs is 1. The van der Waals surface area contributed by atoms with Crippen molar-refractivity contribution in [2.75, 3.05) is 0 Å². The van der Waals surface area contributed by atoms with Gasteiger partial charge in [0.2, 0.25) is 0 Å². The number of aromatic amines is 1. The highest BCUT2D eigenvalue weighted by Crippen LogP contribution is 2.25. The molecule has 0 fully saturated rings. The lowest BCUT2D eigenvalue weighted by molar-refractivity contribution is 0.590. The van der Waals surface area contributed by atoms with Gasteiger partial charge in [-0.25, -0.2) is 4.98 Å². The maximum absolute atomic E-state index is 12.0. The van der Waals surface area contributed by atoms with Gasteiger partial charge in [0.05, 0.1) is 5.69 Å². The normalized spacial score (nSPS) is 14.3. The summed E-state index contributed by atoms with van der Waals surface area (Å²) < 4.78 is 0. The van der Waals surface area contributed by atoms with Gasteiger partial charge in [-0.3, -0.25) is 4.79 Å². The summed E-state index contributed by atoms with van der Waals surface area (Å²) in [4.78, 5) is 19.6. The molecule has 104 valence electrons. The minimum absolute atomic E-state index is 0.0300. The third kappa shape index (κ3) is 2.28. The predicted octanol–water partition coefficient (Wildman–Crippen LogP) is 3.22. The first kappa shape index (κ1) is 13.1. The van der Waals surface area contributed by atoms with Crippen LogP contribution in [0.25, 0.3) is 11.4 Å². The van der Waals surface area contributed by atoms with E-state index in [1.807, 2.05) is 12.1 Å². The first-order valence-corrected chi connectivity index (χ1v) is 7.18. The van der Waals surface area contributed by atoms with Gasteiger partial charge >= 0.3 is 0 Å². The smallest absolute Gasteiger partial charge is 0.254 e. The molecule has 0 atom stereocenters. The molecular weight excluding hydrogens is 248 g/mol. The molecule has 2 aromatic rings. The molecule has 0 bridgehead atoms. The van der Waals surface area contributed by atoms with Gasteiger partial charge in [-0.1, -0.05) is 45.0 Å². The summed E-state index contributed by atoms with van der Waals surface area (Å²) in [5.41, 5.74) is 4.28. The summed E-state index contributed by atoms with van der Waals surface area (Å²) in [7, 11) is 0. The Balaban J connectivity index is 2.02. The second-order valence-electron chi connectivity index (χ2n) is 6.52. The molecule has 0 radical (unpaired) electrons. The molecule has 0 spiro atoms. The average Bonchev–Trinajstić information content (AvgIpc) is 2.86. The number of rotatable bonds is 1. The van der Waals surface area contributed by atoms with Gasteiger partial charge in [0, 0.05) is 11.1 Å². The monoisotopic (exact) mass is 268 g/mol. The van der Waals surface area contributed by atoms with Gasteiger partial charge in [-0.2, -0.15) is 0 Å². The molecule has 3 rings (SSSR count). The maximum Gasteiger partial charge on any atom is 0.254 e. The van der Waals surface area contributed by atoms with Gasteiger partial charge in [-0.15, -0.1) is 0 Å². The van der Waals surface area contributed by atoms with Gasteiger partial charge in [0.1, 0.15) is 5.82 Å². The van der Waals surface area contributed by atoms with Crippen LogP contribution in [0.5, 0.6) is 0 Å². The Morgan fingerprint density at radius 2 is 1.80 bits per heavy atom. The molecule has 0 saturated heterocycles.